The minimum atomic E-state index is -0.0779. The second-order valence-corrected chi connectivity index (χ2v) is 7.65. The number of hydrogen-bond acceptors (Lipinski definition) is 5. The lowest BCUT2D eigenvalue weighted by molar-refractivity contribution is -0.121. The molecule has 31 heavy (non-hydrogen) atoms. The first-order chi connectivity index (χ1) is 15.1. The number of nitrogens with one attached hydrogen (secondary N) is 1. The van der Waals surface area contributed by atoms with E-state index >= 15 is 0 Å². The lowest BCUT2D eigenvalue weighted by Crippen LogP contribution is -2.24. The normalized spacial score (nSPS) is 13.6. The maximum absolute atomic E-state index is 12.2. The highest BCUT2D eigenvalue weighted by Gasteiger charge is 2.21. The molecule has 2 amide bonds. The first kappa shape index (κ1) is 20.8. The van der Waals surface area contributed by atoms with Crippen LogP contribution in [-0.2, 0) is 29.0 Å². The Balaban J connectivity index is 1.24. The molecular weight excluding hydrogens is 392 g/mol. The second-order valence-electron chi connectivity index (χ2n) is 7.65. The summed E-state index contributed by atoms with van der Waals surface area (Å²) in [6, 6.07) is 15.8. The van der Waals surface area contributed by atoms with E-state index in [1.807, 2.05) is 48.5 Å². The Kier molecular flexibility index (Phi) is 6.40. The van der Waals surface area contributed by atoms with E-state index < -0.39 is 0 Å². The van der Waals surface area contributed by atoms with Crippen molar-refractivity contribution in [3.05, 3.63) is 65.5 Å². The molecule has 1 saturated heterocycles. The van der Waals surface area contributed by atoms with Crippen LogP contribution in [0.1, 0.15) is 43.2 Å². The van der Waals surface area contributed by atoms with Gasteiger partial charge in [-0.15, -0.1) is 0 Å². The Morgan fingerprint density at radius 3 is 2.52 bits per heavy atom. The highest BCUT2D eigenvalue weighted by atomic mass is 16.5. The van der Waals surface area contributed by atoms with Gasteiger partial charge in [-0.3, -0.25) is 9.59 Å². The maximum atomic E-state index is 12.2. The van der Waals surface area contributed by atoms with Crippen LogP contribution in [0.3, 0.4) is 0 Å². The molecule has 7 heteroatoms. The van der Waals surface area contributed by atoms with E-state index in [2.05, 4.69) is 22.4 Å². The summed E-state index contributed by atoms with van der Waals surface area (Å²) in [5.41, 5.74) is 4.05. The van der Waals surface area contributed by atoms with Crippen molar-refractivity contribution < 1.29 is 14.1 Å². The summed E-state index contributed by atoms with van der Waals surface area (Å²) >= 11 is 0. The Morgan fingerprint density at radius 1 is 1.10 bits per heavy atom. The van der Waals surface area contributed by atoms with Gasteiger partial charge < -0.3 is 14.7 Å². The van der Waals surface area contributed by atoms with Crippen LogP contribution >= 0.6 is 0 Å². The molecule has 0 saturated carbocycles. The number of rotatable bonds is 8. The van der Waals surface area contributed by atoms with Crippen molar-refractivity contribution in [2.45, 2.75) is 45.6 Å². The summed E-state index contributed by atoms with van der Waals surface area (Å²) in [6.07, 6.45) is 3.17. The Bertz CT molecular complexity index is 1040. The molecule has 160 valence electrons. The van der Waals surface area contributed by atoms with Crippen molar-refractivity contribution in [2.24, 2.45) is 0 Å². The predicted octanol–water partition coefficient (Wildman–Crippen LogP) is 3.67. The zero-order valence-electron chi connectivity index (χ0n) is 17.6. The van der Waals surface area contributed by atoms with Gasteiger partial charge >= 0.3 is 0 Å². The number of anilines is 1. The fourth-order valence-electron chi connectivity index (χ4n) is 3.59. The van der Waals surface area contributed by atoms with Crippen molar-refractivity contribution in [3.8, 4) is 11.4 Å². The van der Waals surface area contributed by atoms with E-state index in [1.165, 1.54) is 5.56 Å². The van der Waals surface area contributed by atoms with Crippen molar-refractivity contribution >= 4 is 17.5 Å². The molecular formula is C24H26N4O3. The van der Waals surface area contributed by atoms with Gasteiger partial charge in [0.2, 0.25) is 23.5 Å². The van der Waals surface area contributed by atoms with Gasteiger partial charge in [0.1, 0.15) is 0 Å². The molecule has 1 aromatic heterocycles. The number of carbonyl (C=O) groups excluding carboxylic acids is 2. The molecule has 4 rings (SSSR count). The van der Waals surface area contributed by atoms with Gasteiger partial charge in [-0.05, 0) is 36.1 Å². The molecule has 0 radical (unpaired) electrons. The average molecular weight is 418 g/mol. The van der Waals surface area contributed by atoms with Crippen LogP contribution in [-0.4, -0.2) is 28.5 Å². The van der Waals surface area contributed by atoms with Crippen molar-refractivity contribution in [1.82, 2.24) is 15.5 Å². The number of nitrogens with zero attached hydrogens (tertiary/aromatic N) is 3. The molecule has 1 N–H and O–H groups in total. The highest BCUT2D eigenvalue weighted by Crippen LogP contribution is 2.21. The van der Waals surface area contributed by atoms with E-state index in [0.717, 1.165) is 36.2 Å². The largest absolute Gasteiger partial charge is 0.352 e. The van der Waals surface area contributed by atoms with Crippen molar-refractivity contribution in [3.63, 3.8) is 0 Å². The monoisotopic (exact) mass is 418 g/mol. The average Bonchev–Trinajstić information content (AvgIpc) is 3.46. The third kappa shape index (κ3) is 5.17. The van der Waals surface area contributed by atoms with Crippen molar-refractivity contribution in [1.29, 1.82) is 0 Å². The second kappa shape index (κ2) is 9.55. The summed E-state index contributed by atoms with van der Waals surface area (Å²) < 4.78 is 5.29. The molecule has 2 aromatic carbocycles. The van der Waals surface area contributed by atoms with E-state index in [9.17, 15) is 9.59 Å². The number of aryl methyl sites for hydroxylation is 2. The topological polar surface area (TPSA) is 88.3 Å². The zero-order valence-corrected chi connectivity index (χ0v) is 17.6. The fraction of sp³-hybridized carbons (Fsp3) is 0.333. The zero-order chi connectivity index (χ0) is 21.6. The Morgan fingerprint density at radius 2 is 1.84 bits per heavy atom. The van der Waals surface area contributed by atoms with E-state index in [-0.39, 0.29) is 18.2 Å². The maximum Gasteiger partial charge on any atom is 0.227 e. The molecule has 1 aliphatic rings. The fourth-order valence-corrected chi connectivity index (χ4v) is 3.59. The SMILES string of the molecule is CCc1ccc(-c2noc(CCC(=O)NCc3ccc(N4CCCC4=O)cc3)n2)cc1. The number of carbonyl (C=O) groups is 2. The van der Waals surface area contributed by atoms with Crippen LogP contribution in [0.4, 0.5) is 5.69 Å². The van der Waals surface area contributed by atoms with Gasteiger partial charge in [0.05, 0.1) is 0 Å². The van der Waals surface area contributed by atoms with Crippen LogP contribution in [0.25, 0.3) is 11.4 Å². The minimum Gasteiger partial charge on any atom is -0.352 e. The van der Waals surface area contributed by atoms with E-state index in [1.54, 1.807) is 4.90 Å². The molecule has 0 aliphatic carbocycles. The van der Waals surface area contributed by atoms with Crippen LogP contribution in [0.15, 0.2) is 53.1 Å². The van der Waals surface area contributed by atoms with Gasteiger partial charge in [-0.1, -0.05) is 48.5 Å². The molecule has 1 aliphatic heterocycles. The minimum absolute atomic E-state index is 0.0779. The molecule has 0 spiro atoms. The molecule has 1 fully saturated rings. The number of benzene rings is 2. The Hall–Kier alpha value is -3.48. The Labute approximate surface area is 181 Å². The van der Waals surface area contributed by atoms with Crippen LogP contribution in [0, 0.1) is 0 Å². The van der Waals surface area contributed by atoms with Gasteiger partial charge in [0.15, 0.2) is 0 Å². The summed E-state index contributed by atoms with van der Waals surface area (Å²) in [7, 11) is 0. The predicted molar refractivity (Wildman–Crippen MR) is 117 cm³/mol. The van der Waals surface area contributed by atoms with E-state index in [0.29, 0.717) is 31.1 Å². The van der Waals surface area contributed by atoms with Crippen LogP contribution in [0.5, 0.6) is 0 Å². The third-order valence-corrected chi connectivity index (χ3v) is 5.47. The molecule has 2 heterocycles. The van der Waals surface area contributed by atoms with Gasteiger partial charge in [-0.25, -0.2) is 0 Å². The van der Waals surface area contributed by atoms with E-state index in [4.69, 9.17) is 4.52 Å². The standard InChI is InChI=1S/C24H26N4O3/c1-2-17-5-9-19(10-6-17)24-26-22(31-27-24)14-13-21(29)25-16-18-7-11-20(12-8-18)28-15-3-4-23(28)30/h5-12H,2-4,13-16H2,1H3,(H,25,29). The molecule has 3 aromatic rings. The van der Waals surface area contributed by atoms with Gasteiger partial charge in [0, 0.05) is 43.6 Å². The third-order valence-electron chi connectivity index (χ3n) is 5.47. The summed E-state index contributed by atoms with van der Waals surface area (Å²) in [5.74, 6) is 1.08. The lowest BCUT2D eigenvalue weighted by Gasteiger charge is -2.16. The van der Waals surface area contributed by atoms with Crippen LogP contribution < -0.4 is 10.2 Å². The lowest BCUT2D eigenvalue weighted by atomic mass is 10.1. The summed E-state index contributed by atoms with van der Waals surface area (Å²) in [5, 5.41) is 6.92. The number of hydrogen-bond donors (Lipinski definition) is 1. The number of amides is 2. The molecule has 7 nitrogen and oxygen atoms in total. The van der Waals surface area contributed by atoms with Crippen LogP contribution in [0.2, 0.25) is 0 Å². The highest BCUT2D eigenvalue weighted by molar-refractivity contribution is 5.95. The van der Waals surface area contributed by atoms with Gasteiger partial charge in [-0.2, -0.15) is 4.98 Å². The van der Waals surface area contributed by atoms with Crippen molar-refractivity contribution in [2.75, 3.05) is 11.4 Å². The molecule has 0 unspecified atom stereocenters. The summed E-state index contributed by atoms with van der Waals surface area (Å²) in [4.78, 5) is 30.2. The smallest absolute Gasteiger partial charge is 0.227 e. The molecule has 0 atom stereocenters. The molecule has 0 bridgehead atoms. The number of aromatic nitrogens is 2. The first-order valence-corrected chi connectivity index (χ1v) is 10.7. The van der Waals surface area contributed by atoms with Gasteiger partial charge in [0.25, 0.3) is 0 Å². The summed E-state index contributed by atoms with van der Waals surface area (Å²) in [6.45, 7) is 3.32. The first-order valence-electron chi connectivity index (χ1n) is 10.7. The quantitative estimate of drug-likeness (QED) is 0.603.